The van der Waals surface area contributed by atoms with Gasteiger partial charge >= 0.3 is 0 Å². The highest BCUT2D eigenvalue weighted by Crippen LogP contribution is 2.37. The Morgan fingerprint density at radius 2 is 1.81 bits per heavy atom. The van der Waals surface area contributed by atoms with E-state index in [4.69, 9.17) is 14.2 Å². The van der Waals surface area contributed by atoms with Crippen LogP contribution in [0.1, 0.15) is 12.5 Å². The van der Waals surface area contributed by atoms with Crippen LogP contribution in [0.5, 0.6) is 23.0 Å². The minimum Gasteiger partial charge on any atom is -0.502 e. The first kappa shape index (κ1) is 19.7. The molecule has 0 unspecified atom stereocenters. The predicted octanol–water partition coefficient (Wildman–Crippen LogP) is 3.35. The molecule has 2 N–H and O–H groups in total. The molecule has 0 saturated carbocycles. The standard InChI is InChI=1S/C20H20N2O5/c1-4-27-16-8-6-5-7-15(16)22-20(24)14(12-21)9-13-10-17(25-2)19(23)18(11-13)26-3/h5-11,23H,4H2,1-3H3,(H,22,24)/b14-9+. The third-order valence-electron chi connectivity index (χ3n) is 3.61. The number of ether oxygens (including phenoxy) is 3. The average molecular weight is 368 g/mol. The van der Waals surface area contributed by atoms with E-state index in [1.165, 1.54) is 32.4 Å². The van der Waals surface area contributed by atoms with Gasteiger partial charge in [-0.25, -0.2) is 0 Å². The van der Waals surface area contributed by atoms with Crippen molar-refractivity contribution in [2.75, 3.05) is 26.1 Å². The molecule has 140 valence electrons. The smallest absolute Gasteiger partial charge is 0.266 e. The van der Waals surface area contributed by atoms with Crippen molar-refractivity contribution in [3.05, 3.63) is 47.5 Å². The third-order valence-corrected chi connectivity index (χ3v) is 3.61. The maximum Gasteiger partial charge on any atom is 0.266 e. The van der Waals surface area contributed by atoms with Gasteiger partial charge in [-0.1, -0.05) is 12.1 Å². The fourth-order valence-electron chi connectivity index (χ4n) is 2.35. The molecule has 0 saturated heterocycles. The molecule has 0 atom stereocenters. The lowest BCUT2D eigenvalue weighted by Crippen LogP contribution is -2.14. The number of hydrogen-bond donors (Lipinski definition) is 2. The molecule has 0 heterocycles. The van der Waals surface area contributed by atoms with E-state index in [-0.39, 0.29) is 22.8 Å². The summed E-state index contributed by atoms with van der Waals surface area (Å²) in [6.45, 7) is 2.28. The lowest BCUT2D eigenvalue weighted by Gasteiger charge is -2.11. The van der Waals surface area contributed by atoms with Crippen LogP contribution in [0.15, 0.2) is 42.0 Å². The van der Waals surface area contributed by atoms with Gasteiger partial charge in [0.15, 0.2) is 11.5 Å². The van der Waals surface area contributed by atoms with Crippen LogP contribution in [0.2, 0.25) is 0 Å². The van der Waals surface area contributed by atoms with E-state index in [0.717, 1.165) is 0 Å². The number of carbonyl (C=O) groups excluding carboxylic acids is 1. The fraction of sp³-hybridized carbons (Fsp3) is 0.200. The molecule has 0 aliphatic heterocycles. The molecule has 0 aromatic heterocycles. The van der Waals surface area contributed by atoms with Crippen LogP contribution in [0.4, 0.5) is 5.69 Å². The van der Waals surface area contributed by atoms with Crippen molar-refractivity contribution in [1.82, 2.24) is 0 Å². The van der Waals surface area contributed by atoms with Gasteiger partial charge in [-0.2, -0.15) is 5.26 Å². The van der Waals surface area contributed by atoms with E-state index in [0.29, 0.717) is 23.6 Å². The molecule has 27 heavy (non-hydrogen) atoms. The lowest BCUT2D eigenvalue weighted by atomic mass is 10.1. The molecule has 7 heteroatoms. The summed E-state index contributed by atoms with van der Waals surface area (Å²) in [5.74, 6) is 0.0972. The fourth-order valence-corrected chi connectivity index (χ4v) is 2.35. The zero-order chi connectivity index (χ0) is 19.8. The maximum absolute atomic E-state index is 12.5. The van der Waals surface area contributed by atoms with Crippen LogP contribution in [0.25, 0.3) is 6.08 Å². The summed E-state index contributed by atoms with van der Waals surface area (Å²) in [4.78, 5) is 12.5. The van der Waals surface area contributed by atoms with Gasteiger partial charge in [0, 0.05) is 0 Å². The SMILES string of the molecule is CCOc1ccccc1NC(=O)/C(C#N)=C/c1cc(OC)c(O)c(OC)c1. The van der Waals surface area contributed by atoms with Crippen molar-refractivity contribution >= 4 is 17.7 Å². The summed E-state index contributed by atoms with van der Waals surface area (Å²) < 4.78 is 15.6. The van der Waals surface area contributed by atoms with Crippen molar-refractivity contribution in [2.24, 2.45) is 0 Å². The Labute approximate surface area is 157 Å². The molecule has 0 radical (unpaired) electrons. The number of phenolic OH excluding ortho intramolecular Hbond substituents is 1. The Hall–Kier alpha value is -3.66. The second kappa shape index (κ2) is 9.15. The molecule has 2 rings (SSSR count). The number of rotatable bonds is 7. The van der Waals surface area contributed by atoms with Crippen molar-refractivity contribution in [3.8, 4) is 29.1 Å². The molecule has 1 amide bonds. The topological polar surface area (TPSA) is 101 Å². The van der Waals surface area contributed by atoms with E-state index in [1.54, 1.807) is 24.3 Å². The molecule has 0 spiro atoms. The van der Waals surface area contributed by atoms with Crippen molar-refractivity contribution < 1.29 is 24.1 Å². The summed E-state index contributed by atoms with van der Waals surface area (Å²) in [6, 6.07) is 11.8. The number of nitrogens with one attached hydrogen (secondary N) is 1. The Kier molecular flexibility index (Phi) is 6.67. The zero-order valence-electron chi connectivity index (χ0n) is 15.3. The van der Waals surface area contributed by atoms with Crippen LogP contribution in [0, 0.1) is 11.3 Å². The number of aromatic hydroxyl groups is 1. The van der Waals surface area contributed by atoms with Crippen LogP contribution >= 0.6 is 0 Å². The molecule has 0 aliphatic rings. The number of benzene rings is 2. The van der Waals surface area contributed by atoms with E-state index < -0.39 is 5.91 Å². The maximum atomic E-state index is 12.5. The number of nitriles is 1. The Balaban J connectivity index is 2.34. The molecule has 2 aromatic rings. The van der Waals surface area contributed by atoms with Gasteiger partial charge in [0.1, 0.15) is 17.4 Å². The highest BCUT2D eigenvalue weighted by Gasteiger charge is 2.15. The Morgan fingerprint density at radius 1 is 1.19 bits per heavy atom. The molecular weight excluding hydrogens is 348 g/mol. The third kappa shape index (κ3) is 4.70. The number of phenols is 1. The number of carbonyl (C=O) groups is 1. The van der Waals surface area contributed by atoms with E-state index in [9.17, 15) is 15.2 Å². The second-order valence-corrected chi connectivity index (χ2v) is 5.33. The van der Waals surface area contributed by atoms with Crippen molar-refractivity contribution in [1.29, 1.82) is 5.26 Å². The number of nitrogens with zero attached hydrogens (tertiary/aromatic N) is 1. The van der Waals surface area contributed by atoms with E-state index >= 15 is 0 Å². The Bertz CT molecular complexity index is 874. The summed E-state index contributed by atoms with van der Waals surface area (Å²) in [5.41, 5.74) is 0.800. The first-order valence-electron chi connectivity index (χ1n) is 8.14. The Morgan fingerprint density at radius 3 is 2.37 bits per heavy atom. The van der Waals surface area contributed by atoms with Crippen LogP contribution in [-0.2, 0) is 4.79 Å². The first-order valence-corrected chi connectivity index (χ1v) is 8.14. The summed E-state index contributed by atoms with van der Waals surface area (Å²) in [5, 5.41) is 22.0. The average Bonchev–Trinajstić information content (AvgIpc) is 2.68. The van der Waals surface area contributed by atoms with Crippen molar-refractivity contribution in [3.63, 3.8) is 0 Å². The van der Waals surface area contributed by atoms with Crippen molar-refractivity contribution in [2.45, 2.75) is 6.92 Å². The van der Waals surface area contributed by atoms with Crippen LogP contribution in [-0.4, -0.2) is 31.8 Å². The number of para-hydroxylation sites is 2. The van der Waals surface area contributed by atoms with Gasteiger partial charge in [0.25, 0.3) is 5.91 Å². The molecule has 7 nitrogen and oxygen atoms in total. The minimum atomic E-state index is -0.587. The van der Waals surface area contributed by atoms with E-state index in [2.05, 4.69) is 5.32 Å². The monoisotopic (exact) mass is 368 g/mol. The van der Waals surface area contributed by atoms with Gasteiger partial charge in [-0.15, -0.1) is 0 Å². The highest BCUT2D eigenvalue weighted by atomic mass is 16.5. The summed E-state index contributed by atoms with van der Waals surface area (Å²) in [7, 11) is 2.79. The molecule has 0 bridgehead atoms. The van der Waals surface area contributed by atoms with Crippen LogP contribution in [0.3, 0.4) is 0 Å². The predicted molar refractivity (Wildman–Crippen MR) is 101 cm³/mol. The number of methoxy groups -OCH3 is 2. The molecule has 0 aliphatic carbocycles. The normalized spacial score (nSPS) is 10.7. The summed E-state index contributed by atoms with van der Waals surface area (Å²) >= 11 is 0. The lowest BCUT2D eigenvalue weighted by molar-refractivity contribution is -0.112. The largest absolute Gasteiger partial charge is 0.502 e. The van der Waals surface area contributed by atoms with Crippen LogP contribution < -0.4 is 19.5 Å². The zero-order valence-corrected chi connectivity index (χ0v) is 15.3. The van der Waals surface area contributed by atoms with Gasteiger partial charge in [0.05, 0.1) is 26.5 Å². The molecule has 2 aromatic carbocycles. The number of hydrogen-bond acceptors (Lipinski definition) is 6. The number of amides is 1. The highest BCUT2D eigenvalue weighted by molar-refractivity contribution is 6.10. The van der Waals surface area contributed by atoms with Gasteiger partial charge in [0.2, 0.25) is 5.75 Å². The number of anilines is 1. The molecular formula is C20H20N2O5. The first-order chi connectivity index (χ1) is 13.0. The quantitative estimate of drug-likeness (QED) is 0.574. The second-order valence-electron chi connectivity index (χ2n) is 5.33. The van der Waals surface area contributed by atoms with Gasteiger partial charge in [-0.05, 0) is 42.8 Å². The molecule has 0 fully saturated rings. The summed E-state index contributed by atoms with van der Waals surface area (Å²) in [6.07, 6.45) is 1.38. The van der Waals surface area contributed by atoms with Gasteiger partial charge < -0.3 is 24.6 Å². The minimum absolute atomic E-state index is 0.129. The van der Waals surface area contributed by atoms with Gasteiger partial charge in [-0.3, -0.25) is 4.79 Å². The van der Waals surface area contributed by atoms with E-state index in [1.807, 2.05) is 13.0 Å².